The quantitative estimate of drug-likeness (QED) is 0.277. The maximum Gasteiger partial charge on any atom is 1.00 e. The molecule has 0 amide bonds. The van der Waals surface area contributed by atoms with Crippen molar-refractivity contribution in [3.8, 4) is 0 Å². The van der Waals surface area contributed by atoms with E-state index in [0.29, 0.717) is 15.6 Å². The summed E-state index contributed by atoms with van der Waals surface area (Å²) >= 11 is 0. The third-order valence-corrected chi connectivity index (χ3v) is 6.86. The van der Waals surface area contributed by atoms with Crippen LogP contribution in [0.5, 0.6) is 0 Å². The Balaban J connectivity index is 0.00000289. The summed E-state index contributed by atoms with van der Waals surface area (Å²) in [5.74, 6) is 0. The molecule has 0 unspecified atom stereocenters. The smallest absolute Gasteiger partial charge is 0.744 e. The van der Waals surface area contributed by atoms with Crippen LogP contribution in [0, 0.1) is 24.0 Å². The van der Waals surface area contributed by atoms with Crippen molar-refractivity contribution >= 4 is 34.1 Å². The summed E-state index contributed by atoms with van der Waals surface area (Å²) in [4.78, 5) is 9.78. The van der Waals surface area contributed by atoms with E-state index in [4.69, 9.17) is 0 Å². The molecule has 0 radical (unpaired) electrons. The fraction of sp³-hybridized carbons (Fsp3) is 0.211. The molecule has 8 nitrogen and oxygen atoms in total. The number of nitrogens with zero attached hydrogens (tertiary/aromatic N) is 3. The molecule has 1 aromatic heterocycles. The van der Waals surface area contributed by atoms with E-state index in [1.807, 2.05) is 0 Å². The minimum atomic E-state index is -5.03. The van der Waals surface area contributed by atoms with Crippen molar-refractivity contribution in [2.75, 3.05) is 0 Å². The van der Waals surface area contributed by atoms with E-state index in [0.717, 1.165) is 4.48 Å². The summed E-state index contributed by atoms with van der Waals surface area (Å²) in [7, 11) is -5.03. The molecule has 2 aromatic rings. The zero-order valence-corrected chi connectivity index (χ0v) is 20.8. The molecule has 13 heteroatoms. The number of aryl methyl sites for hydroxylation is 2. The predicted octanol–water partition coefficient (Wildman–Crippen LogP) is 0.319. The molecule has 2 aliphatic heterocycles. The standard InChI is InChI=1S/C19H18BF2N3O5S.Na/c1-10-9-11(2)23-17(10)16(14-5-7-15(8-6-14)25(26)27)18-12(3)19(31(28,29)30)13(4)24(18)20(23,21)22;/h5-9H,1-4H3,(H,28,29,30);/q;+1/p-1. The Hall–Kier alpha value is -2.12. The number of non-ortho nitro benzene ring substituents is 1. The number of benzene rings is 1. The molecule has 0 saturated carbocycles. The van der Waals surface area contributed by atoms with Crippen LogP contribution in [0.4, 0.5) is 14.3 Å². The van der Waals surface area contributed by atoms with Crippen LogP contribution in [-0.2, 0) is 10.1 Å². The van der Waals surface area contributed by atoms with Crippen molar-refractivity contribution in [3.05, 3.63) is 79.1 Å². The molecule has 3 heterocycles. The van der Waals surface area contributed by atoms with Crippen LogP contribution in [0.25, 0.3) is 5.57 Å². The molecule has 0 bridgehead atoms. The van der Waals surface area contributed by atoms with Crippen LogP contribution in [0.3, 0.4) is 0 Å². The van der Waals surface area contributed by atoms with Gasteiger partial charge in [-0.05, 0) is 55.8 Å². The average molecular weight is 471 g/mol. The van der Waals surface area contributed by atoms with Gasteiger partial charge in [-0.3, -0.25) is 10.1 Å². The second kappa shape index (κ2) is 7.74. The average Bonchev–Trinajstić information content (AvgIpc) is 3.09. The fourth-order valence-electron chi connectivity index (χ4n) is 4.69. The van der Waals surface area contributed by atoms with Gasteiger partial charge in [0.25, 0.3) is 5.69 Å². The largest absolute Gasteiger partial charge is 1.00 e. The fourth-order valence-corrected chi connectivity index (χ4v) is 5.62. The van der Waals surface area contributed by atoms with E-state index < -0.39 is 26.9 Å². The number of nitro groups is 1. The Labute approximate surface area is 205 Å². The Morgan fingerprint density at radius 1 is 1.09 bits per heavy atom. The van der Waals surface area contributed by atoms with Gasteiger partial charge in [0, 0.05) is 30.3 Å². The number of allylic oxidation sites excluding steroid dienone is 2. The molecule has 4 rings (SSSR count). The number of fused-ring (bicyclic) bond motifs is 2. The van der Waals surface area contributed by atoms with Crippen molar-refractivity contribution in [1.29, 1.82) is 0 Å². The maximum absolute atomic E-state index is 15.8. The van der Waals surface area contributed by atoms with E-state index in [1.165, 1.54) is 45.0 Å². The molecular formula is C19H17BF2N3NaO5S. The van der Waals surface area contributed by atoms with Gasteiger partial charge in [0.05, 0.1) is 10.5 Å². The van der Waals surface area contributed by atoms with Crippen LogP contribution in [-0.4, -0.2) is 39.5 Å². The van der Waals surface area contributed by atoms with E-state index in [9.17, 15) is 23.1 Å². The van der Waals surface area contributed by atoms with Gasteiger partial charge < -0.3 is 22.1 Å². The van der Waals surface area contributed by atoms with Crippen molar-refractivity contribution < 1.29 is 60.6 Å². The van der Waals surface area contributed by atoms with Crippen molar-refractivity contribution in [2.45, 2.75) is 27.7 Å². The summed E-state index contributed by atoms with van der Waals surface area (Å²) < 4.78 is 68.7. The summed E-state index contributed by atoms with van der Waals surface area (Å²) in [5.41, 5.74) is 0.959. The van der Waals surface area contributed by atoms with Gasteiger partial charge in [0.1, 0.15) is 20.7 Å². The van der Waals surface area contributed by atoms with E-state index in [1.54, 1.807) is 13.0 Å². The third-order valence-electron chi connectivity index (χ3n) is 5.76. The van der Waals surface area contributed by atoms with Crippen LogP contribution in [0.15, 0.2) is 46.5 Å². The molecule has 0 N–H and O–H groups in total. The summed E-state index contributed by atoms with van der Waals surface area (Å²) in [5, 5.41) is 11.0. The summed E-state index contributed by atoms with van der Waals surface area (Å²) in [6.07, 6.45) is 0. The van der Waals surface area contributed by atoms with Crippen LogP contribution < -0.4 is 29.6 Å². The number of aromatic nitrogens is 1. The first-order valence-corrected chi connectivity index (χ1v) is 10.7. The zero-order chi connectivity index (χ0) is 23.0. The minimum absolute atomic E-state index is 0. The Bertz CT molecular complexity index is 1390. The molecule has 0 spiro atoms. The number of hydrogen-bond donors (Lipinski definition) is 0. The second-order valence-electron chi connectivity index (χ2n) is 7.67. The predicted molar refractivity (Wildman–Crippen MR) is 110 cm³/mol. The van der Waals surface area contributed by atoms with E-state index >= 15 is 8.63 Å². The van der Waals surface area contributed by atoms with Gasteiger partial charge in [-0.15, -0.1) is 0 Å². The first-order chi connectivity index (χ1) is 14.3. The molecule has 0 atom stereocenters. The van der Waals surface area contributed by atoms with Gasteiger partial charge in [0.2, 0.25) is 0 Å². The SMILES string of the molecule is CC1=C(S(=O)(=O)[O-])C(C)=[N+]2C1=C(c1ccc([N+](=O)[O-])cc1)c1c(C)cc(C)n1[B-]2(F)F.[Na+]. The first-order valence-electron chi connectivity index (χ1n) is 9.29. The topological polar surface area (TPSA) is 108 Å². The first kappa shape index (κ1) is 24.5. The van der Waals surface area contributed by atoms with Crippen molar-refractivity contribution in [3.63, 3.8) is 0 Å². The van der Waals surface area contributed by atoms with Crippen LogP contribution in [0.1, 0.15) is 36.4 Å². The number of hydrogen-bond acceptors (Lipinski definition) is 5. The Morgan fingerprint density at radius 3 is 2.16 bits per heavy atom. The monoisotopic (exact) mass is 471 g/mol. The molecule has 32 heavy (non-hydrogen) atoms. The number of rotatable bonds is 3. The van der Waals surface area contributed by atoms with Gasteiger partial charge >= 0.3 is 36.5 Å². The molecule has 0 saturated heterocycles. The maximum atomic E-state index is 15.8. The normalized spacial score (nSPS) is 17.3. The van der Waals surface area contributed by atoms with Gasteiger partial charge in [-0.1, -0.05) is 0 Å². The molecule has 0 fully saturated rings. The number of halogens is 2. The van der Waals surface area contributed by atoms with Crippen LogP contribution >= 0.6 is 0 Å². The molecule has 0 aliphatic carbocycles. The second-order valence-corrected chi connectivity index (χ2v) is 8.98. The van der Waals surface area contributed by atoms with E-state index in [-0.39, 0.29) is 69.2 Å². The van der Waals surface area contributed by atoms with Gasteiger partial charge in [0.15, 0.2) is 5.70 Å². The Morgan fingerprint density at radius 2 is 1.66 bits per heavy atom. The molecule has 1 aromatic carbocycles. The summed E-state index contributed by atoms with van der Waals surface area (Å²) in [6.45, 7) is 1.18. The van der Waals surface area contributed by atoms with Gasteiger partial charge in [-0.2, -0.15) is 0 Å². The number of nitro benzene ring substituents is 1. The van der Waals surface area contributed by atoms with Crippen LogP contribution in [0.2, 0.25) is 0 Å². The molecular weight excluding hydrogens is 454 g/mol. The summed E-state index contributed by atoms with van der Waals surface area (Å²) in [6, 6.07) is 6.94. The third kappa shape index (κ3) is 3.32. The van der Waals surface area contributed by atoms with Crippen molar-refractivity contribution in [1.82, 2.24) is 4.48 Å². The van der Waals surface area contributed by atoms with Crippen molar-refractivity contribution in [2.24, 2.45) is 0 Å². The minimum Gasteiger partial charge on any atom is -0.744 e. The van der Waals surface area contributed by atoms with Gasteiger partial charge in [-0.25, -0.2) is 8.42 Å². The van der Waals surface area contributed by atoms with E-state index in [2.05, 4.69) is 0 Å². The zero-order valence-electron chi connectivity index (χ0n) is 18.0. The molecule has 2 aliphatic rings. The Kier molecular flexibility index (Phi) is 5.93. The molecule has 162 valence electrons.